The summed E-state index contributed by atoms with van der Waals surface area (Å²) < 4.78 is 16.1. The summed E-state index contributed by atoms with van der Waals surface area (Å²) in [5.74, 6) is -1.90. The summed E-state index contributed by atoms with van der Waals surface area (Å²) in [7, 11) is 0. The molecule has 0 fully saturated rings. The highest BCUT2D eigenvalue weighted by Crippen LogP contribution is 2.28. The van der Waals surface area contributed by atoms with Crippen LogP contribution in [0.5, 0.6) is 0 Å². The molecule has 22 heavy (non-hydrogen) atoms. The van der Waals surface area contributed by atoms with Gasteiger partial charge in [0.25, 0.3) is 0 Å². The van der Waals surface area contributed by atoms with E-state index in [4.69, 9.17) is 5.73 Å². The van der Waals surface area contributed by atoms with Crippen LogP contribution < -0.4 is 5.73 Å². The van der Waals surface area contributed by atoms with E-state index < -0.39 is 11.8 Å². The number of aromatic nitrogens is 3. The number of halogens is 1. The third-order valence-corrected chi connectivity index (χ3v) is 3.49. The molecule has 0 amide bonds. The number of anilines is 1. The number of aryl methyl sites for hydroxylation is 1. The zero-order chi connectivity index (χ0) is 15.9. The van der Waals surface area contributed by atoms with Crippen molar-refractivity contribution in [3.05, 3.63) is 47.4 Å². The van der Waals surface area contributed by atoms with Crippen molar-refractivity contribution in [1.29, 1.82) is 0 Å². The Balaban J connectivity index is 2.21. The molecule has 0 bridgehead atoms. The summed E-state index contributed by atoms with van der Waals surface area (Å²) in [4.78, 5) is 15.3. The Labute approximate surface area is 125 Å². The maximum Gasteiger partial charge on any atom is 0.338 e. The molecule has 0 aliphatic carbocycles. The molecule has 2 heterocycles. The first-order valence-electron chi connectivity index (χ1n) is 6.68. The van der Waals surface area contributed by atoms with Gasteiger partial charge >= 0.3 is 5.97 Å². The van der Waals surface area contributed by atoms with Gasteiger partial charge in [0.05, 0.1) is 5.56 Å². The highest BCUT2D eigenvalue weighted by Gasteiger charge is 2.19. The van der Waals surface area contributed by atoms with Crippen LogP contribution in [0, 0.1) is 5.82 Å². The Morgan fingerprint density at radius 3 is 2.86 bits per heavy atom. The molecule has 0 unspecified atom stereocenters. The van der Waals surface area contributed by atoms with E-state index in [0.29, 0.717) is 23.2 Å². The van der Waals surface area contributed by atoms with Crippen molar-refractivity contribution in [2.75, 3.05) is 5.73 Å². The minimum Gasteiger partial charge on any atom is -0.478 e. The Morgan fingerprint density at radius 1 is 1.41 bits per heavy atom. The number of carbonyl (C=O) groups is 1. The first-order chi connectivity index (χ1) is 10.5. The van der Waals surface area contributed by atoms with Crippen molar-refractivity contribution in [3.63, 3.8) is 0 Å². The van der Waals surface area contributed by atoms with E-state index in [1.165, 1.54) is 4.52 Å². The number of nitrogens with two attached hydrogens (primary N) is 1. The maximum absolute atomic E-state index is 14.6. The largest absolute Gasteiger partial charge is 0.478 e. The third-order valence-electron chi connectivity index (χ3n) is 3.49. The number of carboxylic acids is 1. The zero-order valence-electron chi connectivity index (χ0n) is 11.7. The molecule has 2 aromatic heterocycles. The fraction of sp³-hybridized carbons (Fsp3) is 0.133. The molecular formula is C15H13FN4O2. The molecule has 0 aliphatic rings. The molecule has 0 spiro atoms. The van der Waals surface area contributed by atoms with E-state index >= 15 is 0 Å². The first-order valence-corrected chi connectivity index (χ1v) is 6.68. The number of nitrogen functional groups attached to an aromatic ring is 1. The van der Waals surface area contributed by atoms with Crippen LogP contribution in [0.2, 0.25) is 0 Å². The van der Waals surface area contributed by atoms with Crippen LogP contribution in [-0.2, 0) is 6.42 Å². The van der Waals surface area contributed by atoms with Crippen molar-refractivity contribution >= 4 is 17.6 Å². The second-order valence-electron chi connectivity index (χ2n) is 4.81. The predicted molar refractivity (Wildman–Crippen MR) is 79.1 cm³/mol. The molecule has 0 atom stereocenters. The SMILES string of the molecule is CCc1ccc(-c2ccn3nc(N)nc3c2)c(F)c1C(=O)O. The lowest BCUT2D eigenvalue weighted by molar-refractivity contribution is 0.0691. The normalized spacial score (nSPS) is 11.0. The zero-order valence-corrected chi connectivity index (χ0v) is 11.7. The molecule has 7 heteroatoms. The lowest BCUT2D eigenvalue weighted by atomic mass is 9.97. The maximum atomic E-state index is 14.6. The molecule has 3 N–H and O–H groups in total. The van der Waals surface area contributed by atoms with Crippen LogP contribution in [0.15, 0.2) is 30.5 Å². The van der Waals surface area contributed by atoms with E-state index in [0.717, 1.165) is 0 Å². The number of carboxylic acid groups (broad SMARTS) is 1. The van der Waals surface area contributed by atoms with Crippen LogP contribution in [0.25, 0.3) is 16.8 Å². The number of benzene rings is 1. The molecule has 0 saturated carbocycles. The van der Waals surface area contributed by atoms with Crippen LogP contribution in [0.3, 0.4) is 0 Å². The molecule has 0 radical (unpaired) electrons. The van der Waals surface area contributed by atoms with Gasteiger partial charge in [-0.05, 0) is 29.7 Å². The highest BCUT2D eigenvalue weighted by atomic mass is 19.1. The fourth-order valence-electron chi connectivity index (χ4n) is 2.43. The van der Waals surface area contributed by atoms with Crippen molar-refractivity contribution in [2.45, 2.75) is 13.3 Å². The summed E-state index contributed by atoms with van der Waals surface area (Å²) in [5, 5.41) is 13.2. The monoisotopic (exact) mass is 300 g/mol. The summed E-state index contributed by atoms with van der Waals surface area (Å²) in [5.41, 5.74) is 6.87. The molecular weight excluding hydrogens is 287 g/mol. The Hall–Kier alpha value is -2.96. The third kappa shape index (κ3) is 2.16. The van der Waals surface area contributed by atoms with Gasteiger partial charge in [-0.15, -0.1) is 5.10 Å². The quantitative estimate of drug-likeness (QED) is 0.774. The molecule has 0 aliphatic heterocycles. The van der Waals surface area contributed by atoms with Gasteiger partial charge in [0.2, 0.25) is 5.95 Å². The van der Waals surface area contributed by atoms with Gasteiger partial charge in [0, 0.05) is 11.8 Å². The lowest BCUT2D eigenvalue weighted by Gasteiger charge is -2.10. The minimum atomic E-state index is -1.27. The van der Waals surface area contributed by atoms with Crippen molar-refractivity contribution < 1.29 is 14.3 Å². The predicted octanol–water partition coefficient (Wildman–Crippen LogP) is 2.38. The van der Waals surface area contributed by atoms with Gasteiger partial charge in [-0.3, -0.25) is 0 Å². The first kappa shape index (κ1) is 14.0. The van der Waals surface area contributed by atoms with Crippen molar-refractivity contribution in [2.24, 2.45) is 0 Å². The average Bonchev–Trinajstić information content (AvgIpc) is 2.85. The number of fused-ring (bicyclic) bond motifs is 1. The van der Waals surface area contributed by atoms with E-state index in [1.807, 2.05) is 0 Å². The van der Waals surface area contributed by atoms with E-state index in [9.17, 15) is 14.3 Å². The van der Waals surface area contributed by atoms with Crippen LogP contribution in [0.4, 0.5) is 10.3 Å². The molecule has 1 aromatic carbocycles. The standard InChI is InChI=1S/C15H13FN4O2/c1-2-8-3-4-10(13(16)12(8)14(21)22)9-5-6-20-11(7-9)18-15(17)19-20/h3-7H,2H2,1H3,(H2,17,19)(H,21,22). The molecule has 3 aromatic rings. The lowest BCUT2D eigenvalue weighted by Crippen LogP contribution is -2.07. The average molecular weight is 300 g/mol. The smallest absolute Gasteiger partial charge is 0.338 e. The number of pyridine rings is 1. The van der Waals surface area contributed by atoms with Gasteiger partial charge < -0.3 is 10.8 Å². The summed E-state index contributed by atoms with van der Waals surface area (Å²) in [6, 6.07) is 6.45. The number of hydrogen-bond acceptors (Lipinski definition) is 4. The molecule has 6 nitrogen and oxygen atoms in total. The molecule has 0 saturated heterocycles. The van der Waals surface area contributed by atoms with Crippen LogP contribution in [-0.4, -0.2) is 25.7 Å². The topological polar surface area (TPSA) is 93.5 Å². The number of rotatable bonds is 3. The summed E-state index contributed by atoms with van der Waals surface area (Å²) in [6.07, 6.45) is 2.04. The highest BCUT2D eigenvalue weighted by molar-refractivity contribution is 5.92. The Bertz CT molecular complexity index is 889. The second-order valence-corrected chi connectivity index (χ2v) is 4.81. The van der Waals surface area contributed by atoms with E-state index in [1.54, 1.807) is 37.4 Å². The number of hydrogen-bond donors (Lipinski definition) is 2. The van der Waals surface area contributed by atoms with Gasteiger partial charge in [-0.2, -0.15) is 4.98 Å². The second kappa shape index (κ2) is 5.10. The number of aromatic carboxylic acids is 1. The van der Waals surface area contributed by atoms with Gasteiger partial charge in [-0.1, -0.05) is 19.1 Å². The summed E-state index contributed by atoms with van der Waals surface area (Å²) in [6.45, 7) is 1.78. The molecule has 3 rings (SSSR count). The fourth-order valence-corrected chi connectivity index (χ4v) is 2.43. The van der Waals surface area contributed by atoms with Gasteiger partial charge in [-0.25, -0.2) is 13.7 Å². The van der Waals surface area contributed by atoms with Crippen molar-refractivity contribution in [1.82, 2.24) is 14.6 Å². The van der Waals surface area contributed by atoms with E-state index in [-0.39, 0.29) is 17.1 Å². The van der Waals surface area contributed by atoms with Gasteiger partial charge in [0.15, 0.2) is 5.65 Å². The van der Waals surface area contributed by atoms with Gasteiger partial charge in [0.1, 0.15) is 5.82 Å². The van der Waals surface area contributed by atoms with Crippen LogP contribution in [0.1, 0.15) is 22.8 Å². The van der Waals surface area contributed by atoms with Crippen molar-refractivity contribution in [3.8, 4) is 11.1 Å². The Kier molecular flexibility index (Phi) is 3.25. The minimum absolute atomic E-state index is 0.116. The van der Waals surface area contributed by atoms with E-state index in [2.05, 4.69) is 10.1 Å². The number of nitrogens with zero attached hydrogens (tertiary/aromatic N) is 3. The van der Waals surface area contributed by atoms with Crippen LogP contribution >= 0.6 is 0 Å². The summed E-state index contributed by atoms with van der Waals surface area (Å²) >= 11 is 0. The molecule has 112 valence electrons. The Morgan fingerprint density at radius 2 is 2.18 bits per heavy atom.